The first-order chi connectivity index (χ1) is 22.2. The molecule has 3 fully saturated rings. The zero-order chi connectivity index (χ0) is 34.6. The van der Waals surface area contributed by atoms with Crippen LogP contribution in [0.2, 0.25) is 0 Å². The lowest BCUT2D eigenvalue weighted by Gasteiger charge is -2.33. The van der Waals surface area contributed by atoms with Gasteiger partial charge in [0.1, 0.15) is 11.7 Å². The number of carbonyl (C=O) groups excluding carboxylic acids is 6. The van der Waals surface area contributed by atoms with Gasteiger partial charge >= 0.3 is 0 Å². The number of aromatic nitrogens is 2. The minimum absolute atomic E-state index is 0.0451. The number of fused-ring (bicyclic) bond motifs is 1. The third kappa shape index (κ3) is 8.54. The van der Waals surface area contributed by atoms with Crippen molar-refractivity contribution in [3.8, 4) is 0 Å². The van der Waals surface area contributed by atoms with Crippen LogP contribution in [0.5, 0.6) is 0 Å². The summed E-state index contributed by atoms with van der Waals surface area (Å²) in [5.41, 5.74) is 0.113. The molecule has 1 aliphatic heterocycles. The molecule has 2 aliphatic carbocycles. The van der Waals surface area contributed by atoms with E-state index < -0.39 is 83.2 Å². The predicted molar refractivity (Wildman–Crippen MR) is 168 cm³/mol. The van der Waals surface area contributed by atoms with Gasteiger partial charge in [-0.2, -0.15) is 0 Å². The Morgan fingerprint density at radius 1 is 1.00 bits per heavy atom. The SMILES string of the molecule is CCCC(CC(=O)C1[C@H]2CCC(F)(F)[C@H]2CN1C(=O)[C@@H](NC(=O)[C@H](CC(=O)c1cnccn1)C(C)C)C(C)C)C(=O)C(=O)CC1CC1. The number of ketones is 4. The molecule has 1 saturated heterocycles. The van der Waals surface area contributed by atoms with Gasteiger partial charge in [-0.15, -0.1) is 0 Å². The maximum atomic E-state index is 15.1. The molecule has 10 nitrogen and oxygen atoms in total. The van der Waals surface area contributed by atoms with Crippen LogP contribution < -0.4 is 5.32 Å². The summed E-state index contributed by atoms with van der Waals surface area (Å²) in [6.07, 6.45) is 6.12. The second kappa shape index (κ2) is 15.2. The van der Waals surface area contributed by atoms with E-state index >= 15 is 8.78 Å². The summed E-state index contributed by atoms with van der Waals surface area (Å²) in [7, 11) is 0. The molecule has 12 heteroatoms. The summed E-state index contributed by atoms with van der Waals surface area (Å²) in [4.78, 5) is 89.6. The van der Waals surface area contributed by atoms with E-state index in [4.69, 9.17) is 0 Å². The van der Waals surface area contributed by atoms with Crippen molar-refractivity contribution < 1.29 is 37.5 Å². The van der Waals surface area contributed by atoms with Crippen LogP contribution in [-0.2, 0) is 24.0 Å². The molecule has 1 N–H and O–H groups in total. The fraction of sp³-hybridized carbons (Fsp3) is 0.714. The van der Waals surface area contributed by atoms with Crippen molar-refractivity contribution in [1.29, 1.82) is 0 Å². The van der Waals surface area contributed by atoms with E-state index in [0.29, 0.717) is 12.8 Å². The van der Waals surface area contributed by atoms with Crippen LogP contribution in [0.3, 0.4) is 0 Å². The van der Waals surface area contributed by atoms with Gasteiger partial charge in [0.05, 0.1) is 12.2 Å². The summed E-state index contributed by atoms with van der Waals surface area (Å²) in [6.45, 7) is 8.47. The van der Waals surface area contributed by atoms with Crippen LogP contribution in [0, 0.1) is 41.4 Å². The molecule has 0 spiro atoms. The van der Waals surface area contributed by atoms with Crippen molar-refractivity contribution >= 4 is 34.9 Å². The molecule has 0 bridgehead atoms. The van der Waals surface area contributed by atoms with Crippen molar-refractivity contribution in [2.24, 2.45) is 41.4 Å². The van der Waals surface area contributed by atoms with Crippen LogP contribution in [0.15, 0.2) is 18.6 Å². The minimum Gasteiger partial charge on any atom is -0.344 e. The highest BCUT2D eigenvalue weighted by molar-refractivity contribution is 6.38. The van der Waals surface area contributed by atoms with Gasteiger partial charge in [0.15, 0.2) is 17.3 Å². The highest BCUT2D eigenvalue weighted by atomic mass is 19.3. The van der Waals surface area contributed by atoms with E-state index in [1.54, 1.807) is 27.7 Å². The topological polar surface area (TPSA) is 143 Å². The summed E-state index contributed by atoms with van der Waals surface area (Å²) in [5.74, 6) is -10.5. The molecular formula is C35H48F2N4O6. The quantitative estimate of drug-likeness (QED) is 0.188. The molecule has 1 aromatic heterocycles. The lowest BCUT2D eigenvalue weighted by atomic mass is 9.83. The number of alkyl halides is 2. The van der Waals surface area contributed by atoms with Crippen LogP contribution in [0.1, 0.15) is 103 Å². The lowest BCUT2D eigenvalue weighted by molar-refractivity contribution is -0.145. The number of carbonyl (C=O) groups is 6. The standard InChI is InChI=1S/C35H48F2N4O6/c1-6-7-22(32(45)29(44)14-21-8-9-21)15-28(43)31-23-10-11-35(36,37)25(23)18-41(31)34(47)30(20(4)5)40-33(46)24(19(2)3)16-27(42)26-17-38-12-13-39-26/h12-13,17,19-25,30-31H,6-11,14-16,18H2,1-5H3,(H,40,46)/t22?,23-,24+,25-,30-,31?/m0/s1. The van der Waals surface area contributed by atoms with Crippen molar-refractivity contribution in [2.75, 3.05) is 6.54 Å². The molecule has 6 atom stereocenters. The molecule has 258 valence electrons. The van der Waals surface area contributed by atoms with Gasteiger partial charge in [-0.3, -0.25) is 33.8 Å². The number of halogens is 2. The number of Topliss-reactive ketones (excluding diaryl/α,β-unsaturated/α-hetero) is 4. The second-order valence-electron chi connectivity index (χ2n) is 14.4. The van der Waals surface area contributed by atoms with Crippen molar-refractivity contribution in [2.45, 2.75) is 110 Å². The third-order valence-electron chi connectivity index (χ3n) is 10.1. The van der Waals surface area contributed by atoms with Crippen molar-refractivity contribution in [3.63, 3.8) is 0 Å². The summed E-state index contributed by atoms with van der Waals surface area (Å²) >= 11 is 0. The fourth-order valence-corrected chi connectivity index (χ4v) is 7.18. The second-order valence-corrected chi connectivity index (χ2v) is 14.4. The number of rotatable bonds is 17. The Morgan fingerprint density at radius 3 is 2.28 bits per heavy atom. The van der Waals surface area contributed by atoms with E-state index in [1.807, 2.05) is 6.92 Å². The van der Waals surface area contributed by atoms with Crippen molar-refractivity contribution in [3.05, 3.63) is 24.3 Å². The normalized spacial score (nSPS) is 23.7. The average molecular weight is 659 g/mol. The maximum absolute atomic E-state index is 15.1. The van der Waals surface area contributed by atoms with Gasteiger partial charge in [0.2, 0.25) is 17.6 Å². The molecule has 47 heavy (non-hydrogen) atoms. The van der Waals surface area contributed by atoms with Gasteiger partial charge in [0.25, 0.3) is 5.92 Å². The molecule has 2 amide bonds. The smallest absolute Gasteiger partial charge is 0.253 e. The van der Waals surface area contributed by atoms with Crippen molar-refractivity contribution in [1.82, 2.24) is 20.2 Å². The predicted octanol–water partition coefficient (Wildman–Crippen LogP) is 4.65. The maximum Gasteiger partial charge on any atom is 0.253 e. The summed E-state index contributed by atoms with van der Waals surface area (Å²) in [5, 5.41) is 2.78. The Morgan fingerprint density at radius 2 is 1.70 bits per heavy atom. The molecule has 0 aromatic carbocycles. The highest BCUT2D eigenvalue weighted by Crippen LogP contribution is 2.51. The Balaban J connectivity index is 1.55. The Bertz CT molecular complexity index is 1350. The first-order valence-corrected chi connectivity index (χ1v) is 17.0. The van der Waals surface area contributed by atoms with Crippen LogP contribution in [0.25, 0.3) is 0 Å². The Kier molecular flexibility index (Phi) is 11.8. The van der Waals surface area contributed by atoms with E-state index in [2.05, 4.69) is 15.3 Å². The number of nitrogens with zero attached hydrogens (tertiary/aromatic N) is 3. The van der Waals surface area contributed by atoms with E-state index in [-0.39, 0.29) is 55.5 Å². The molecule has 2 saturated carbocycles. The molecule has 1 aromatic rings. The summed E-state index contributed by atoms with van der Waals surface area (Å²) < 4.78 is 30.2. The van der Waals surface area contributed by atoms with Crippen LogP contribution >= 0.6 is 0 Å². The monoisotopic (exact) mass is 658 g/mol. The zero-order valence-electron chi connectivity index (χ0n) is 28.0. The molecular weight excluding hydrogens is 610 g/mol. The molecule has 3 aliphatic rings. The Hall–Kier alpha value is -3.44. The van der Waals surface area contributed by atoms with Gasteiger partial charge in [-0.25, -0.2) is 13.8 Å². The number of nitrogens with one attached hydrogen (secondary N) is 1. The third-order valence-corrected chi connectivity index (χ3v) is 10.1. The number of amides is 2. The van der Waals surface area contributed by atoms with E-state index in [9.17, 15) is 28.8 Å². The first kappa shape index (κ1) is 36.4. The number of likely N-dealkylation sites (tertiary alicyclic amines) is 1. The highest BCUT2D eigenvalue weighted by Gasteiger charge is 2.61. The van der Waals surface area contributed by atoms with Crippen LogP contribution in [-0.4, -0.2) is 74.4 Å². The minimum atomic E-state index is -3.07. The van der Waals surface area contributed by atoms with Gasteiger partial charge < -0.3 is 10.2 Å². The fourth-order valence-electron chi connectivity index (χ4n) is 7.18. The zero-order valence-corrected chi connectivity index (χ0v) is 28.0. The molecule has 2 unspecified atom stereocenters. The molecule has 4 rings (SSSR count). The molecule has 2 heterocycles. The average Bonchev–Trinajstić information content (AvgIpc) is 3.67. The largest absolute Gasteiger partial charge is 0.344 e. The summed E-state index contributed by atoms with van der Waals surface area (Å²) in [6, 6.07) is -2.34. The number of hydrogen-bond donors (Lipinski definition) is 1. The van der Waals surface area contributed by atoms with Crippen LogP contribution in [0.4, 0.5) is 8.78 Å². The number of hydrogen-bond acceptors (Lipinski definition) is 8. The first-order valence-electron chi connectivity index (χ1n) is 17.0. The van der Waals surface area contributed by atoms with E-state index in [0.717, 1.165) is 12.8 Å². The van der Waals surface area contributed by atoms with Gasteiger partial charge in [-0.05, 0) is 49.4 Å². The lowest BCUT2D eigenvalue weighted by Crippen LogP contribution is -2.56. The van der Waals surface area contributed by atoms with Gasteiger partial charge in [-0.1, -0.05) is 41.0 Å². The van der Waals surface area contributed by atoms with E-state index in [1.165, 1.54) is 23.5 Å². The Labute approximate surface area is 275 Å². The molecule has 0 radical (unpaired) electrons. The van der Waals surface area contributed by atoms with Gasteiger partial charge in [0, 0.05) is 62.4 Å².